The van der Waals surface area contributed by atoms with E-state index in [0.717, 1.165) is 48.6 Å². The van der Waals surface area contributed by atoms with Gasteiger partial charge in [0.1, 0.15) is 23.4 Å². The first kappa shape index (κ1) is 28.2. The molecule has 5 rings (SSSR count). The summed E-state index contributed by atoms with van der Waals surface area (Å²) in [5, 5.41) is 2.96. The second-order valence-electron chi connectivity index (χ2n) is 9.34. The Labute approximate surface area is 209 Å². The number of carbonyl (C=O) groups is 2. The van der Waals surface area contributed by atoms with Crippen LogP contribution in [-0.4, -0.2) is 46.3 Å². The van der Waals surface area contributed by atoms with Crippen molar-refractivity contribution in [2.75, 3.05) is 23.8 Å². The van der Waals surface area contributed by atoms with Crippen LogP contribution in [0.25, 0.3) is 0 Å². The lowest BCUT2D eigenvalue weighted by molar-refractivity contribution is -0.117. The SMILES string of the molecule is C.C.C.CC[C@H]1C(=O)Nc2c(C)nc(CC3CC(CN4Cc5cc(F)ccc5C4=O)C3)nc2N1C. The molecule has 192 valence electrons. The largest absolute Gasteiger partial charge is 0.346 e. The molecule has 0 unspecified atom stereocenters. The Morgan fingerprint density at radius 3 is 2.51 bits per heavy atom. The molecule has 3 aliphatic rings. The fourth-order valence-electron chi connectivity index (χ4n) is 5.35. The number of carbonyl (C=O) groups excluding carboxylic acids is 2. The lowest BCUT2D eigenvalue weighted by Crippen LogP contribution is -2.46. The monoisotopic (exact) mass is 485 g/mol. The number of nitrogens with one attached hydrogen (secondary N) is 1. The summed E-state index contributed by atoms with van der Waals surface area (Å²) in [4.78, 5) is 38.1. The molecule has 35 heavy (non-hydrogen) atoms. The molecule has 2 aromatic rings. The molecule has 3 heterocycles. The first-order valence-corrected chi connectivity index (χ1v) is 11.3. The molecule has 7 nitrogen and oxygen atoms in total. The van der Waals surface area contributed by atoms with Crippen LogP contribution in [0, 0.1) is 24.6 Å². The number of fused-ring (bicyclic) bond motifs is 2. The molecule has 8 heteroatoms. The van der Waals surface area contributed by atoms with Gasteiger partial charge in [0, 0.05) is 32.1 Å². The second-order valence-corrected chi connectivity index (χ2v) is 9.34. The van der Waals surface area contributed by atoms with Gasteiger partial charge in [-0.2, -0.15) is 0 Å². The van der Waals surface area contributed by atoms with Crippen LogP contribution >= 0.6 is 0 Å². The number of benzene rings is 1. The van der Waals surface area contributed by atoms with E-state index in [1.165, 1.54) is 12.1 Å². The van der Waals surface area contributed by atoms with E-state index in [0.29, 0.717) is 36.2 Å². The summed E-state index contributed by atoms with van der Waals surface area (Å²) in [7, 11) is 1.91. The highest BCUT2D eigenvalue weighted by atomic mass is 19.1. The first-order valence-electron chi connectivity index (χ1n) is 11.3. The van der Waals surface area contributed by atoms with Crippen LogP contribution in [0.1, 0.15) is 75.9 Å². The maximum Gasteiger partial charge on any atom is 0.254 e. The fourth-order valence-corrected chi connectivity index (χ4v) is 5.35. The highest BCUT2D eigenvalue weighted by molar-refractivity contribution is 6.03. The van der Waals surface area contributed by atoms with Crippen molar-refractivity contribution in [3.8, 4) is 0 Å². The molecule has 1 atom stereocenters. The second kappa shape index (κ2) is 10.7. The van der Waals surface area contributed by atoms with Crippen molar-refractivity contribution in [2.24, 2.45) is 11.8 Å². The molecule has 0 spiro atoms. The third kappa shape index (κ3) is 5.02. The van der Waals surface area contributed by atoms with Gasteiger partial charge in [-0.15, -0.1) is 0 Å². The minimum absolute atomic E-state index is 0. The molecule has 0 bridgehead atoms. The van der Waals surface area contributed by atoms with Gasteiger partial charge in [-0.1, -0.05) is 29.2 Å². The average molecular weight is 486 g/mol. The van der Waals surface area contributed by atoms with Crippen LogP contribution in [0.4, 0.5) is 15.9 Å². The highest BCUT2D eigenvalue weighted by Crippen LogP contribution is 2.39. The van der Waals surface area contributed by atoms with Crippen LogP contribution in [0.5, 0.6) is 0 Å². The number of hydrogen-bond acceptors (Lipinski definition) is 5. The molecule has 1 aliphatic carbocycles. The van der Waals surface area contributed by atoms with Gasteiger partial charge >= 0.3 is 0 Å². The van der Waals surface area contributed by atoms with Crippen molar-refractivity contribution in [2.45, 2.75) is 74.4 Å². The molecule has 0 radical (unpaired) electrons. The zero-order valence-electron chi connectivity index (χ0n) is 18.7. The predicted octanol–water partition coefficient (Wildman–Crippen LogP) is 5.22. The van der Waals surface area contributed by atoms with Gasteiger partial charge < -0.3 is 15.1 Å². The van der Waals surface area contributed by atoms with Crippen molar-refractivity contribution in [1.29, 1.82) is 0 Å². The van der Waals surface area contributed by atoms with Crippen LogP contribution in [0.15, 0.2) is 18.2 Å². The smallest absolute Gasteiger partial charge is 0.254 e. The van der Waals surface area contributed by atoms with Gasteiger partial charge in [0.25, 0.3) is 5.91 Å². The van der Waals surface area contributed by atoms with E-state index in [-0.39, 0.29) is 46.0 Å². The number of hydrogen-bond donors (Lipinski definition) is 1. The summed E-state index contributed by atoms with van der Waals surface area (Å²) >= 11 is 0. The van der Waals surface area contributed by atoms with Crippen molar-refractivity contribution in [3.05, 3.63) is 46.7 Å². The summed E-state index contributed by atoms with van der Waals surface area (Å²) in [6.07, 6.45) is 3.56. The Balaban J connectivity index is 0.00000144. The van der Waals surface area contributed by atoms with Crippen LogP contribution in [0.3, 0.4) is 0 Å². The number of amides is 2. The third-order valence-electron chi connectivity index (χ3n) is 7.09. The third-order valence-corrected chi connectivity index (χ3v) is 7.09. The van der Waals surface area contributed by atoms with Gasteiger partial charge in [-0.05, 0) is 61.8 Å². The number of rotatable bonds is 5. The van der Waals surface area contributed by atoms with Crippen molar-refractivity contribution < 1.29 is 14.0 Å². The average Bonchev–Trinajstić information content (AvgIpc) is 3.02. The van der Waals surface area contributed by atoms with E-state index < -0.39 is 0 Å². The summed E-state index contributed by atoms with van der Waals surface area (Å²) in [6, 6.07) is 4.20. The number of aromatic nitrogens is 2. The molecule has 1 N–H and O–H groups in total. The maximum atomic E-state index is 13.5. The Kier molecular flexibility index (Phi) is 8.63. The minimum atomic E-state index is -0.294. The Morgan fingerprint density at radius 1 is 1.11 bits per heavy atom. The number of halogens is 1. The Bertz CT molecular complexity index is 1100. The van der Waals surface area contributed by atoms with Crippen LogP contribution in [0.2, 0.25) is 0 Å². The highest BCUT2D eigenvalue weighted by Gasteiger charge is 2.36. The topological polar surface area (TPSA) is 78.4 Å². The van der Waals surface area contributed by atoms with Crippen molar-refractivity contribution in [1.82, 2.24) is 14.9 Å². The van der Waals surface area contributed by atoms with Crippen LogP contribution < -0.4 is 10.2 Å². The van der Waals surface area contributed by atoms with E-state index in [9.17, 15) is 14.0 Å². The minimum Gasteiger partial charge on any atom is -0.346 e. The van der Waals surface area contributed by atoms with Crippen LogP contribution in [-0.2, 0) is 17.8 Å². The van der Waals surface area contributed by atoms with Gasteiger partial charge in [-0.3, -0.25) is 9.59 Å². The maximum absolute atomic E-state index is 13.5. The quantitative estimate of drug-likeness (QED) is 0.628. The predicted molar refractivity (Wildman–Crippen MR) is 139 cm³/mol. The van der Waals surface area contributed by atoms with Gasteiger partial charge in [0.2, 0.25) is 5.91 Å². The van der Waals surface area contributed by atoms with Gasteiger partial charge in [0.15, 0.2) is 5.82 Å². The molecule has 2 amide bonds. The summed E-state index contributed by atoms with van der Waals surface area (Å²) < 4.78 is 13.5. The van der Waals surface area contributed by atoms with Gasteiger partial charge in [-0.25, -0.2) is 14.4 Å². The molecule has 2 aliphatic heterocycles. The van der Waals surface area contributed by atoms with Crippen molar-refractivity contribution in [3.63, 3.8) is 0 Å². The normalized spacial score (nSPS) is 22.1. The van der Waals surface area contributed by atoms with E-state index in [1.54, 1.807) is 6.07 Å². The molecule has 1 aromatic heterocycles. The Morgan fingerprint density at radius 2 is 1.83 bits per heavy atom. The lowest BCUT2D eigenvalue weighted by Gasteiger charge is -2.38. The summed E-state index contributed by atoms with van der Waals surface area (Å²) in [6.45, 7) is 5.11. The number of likely N-dealkylation sites (N-methyl/N-ethyl adjacent to an activating group) is 1. The molecule has 1 aromatic carbocycles. The summed E-state index contributed by atoms with van der Waals surface area (Å²) in [5.74, 6) is 2.24. The number of aryl methyl sites for hydroxylation is 1. The van der Waals surface area contributed by atoms with Crippen molar-refractivity contribution >= 4 is 23.3 Å². The zero-order chi connectivity index (χ0) is 22.6. The standard InChI is InChI=1S/C24H28FN5O2.3CH4/c1-4-19-23(31)28-21-13(2)26-20(27-22(21)29(19)3)9-14-7-15(8-14)11-30-12-16-10-17(25)5-6-18(16)24(30)32;;;/h5-6,10,14-15,19H,4,7-9,11-12H2,1-3H3,(H,28,31);3*1H4/t14?,15?,19-;;;/m0.../s1. The molecule has 1 fully saturated rings. The number of anilines is 2. The Hall–Kier alpha value is -3.03. The first-order chi connectivity index (χ1) is 15.3. The van der Waals surface area contributed by atoms with E-state index >= 15 is 0 Å². The van der Waals surface area contributed by atoms with Gasteiger partial charge in [0.05, 0.1) is 5.69 Å². The lowest BCUT2D eigenvalue weighted by atomic mass is 9.73. The molecule has 1 saturated carbocycles. The fraction of sp³-hybridized carbons (Fsp3) is 0.556. The molecular formula is C27H40FN5O2. The molecular weight excluding hydrogens is 445 g/mol. The van der Waals surface area contributed by atoms with E-state index in [1.807, 2.05) is 30.7 Å². The molecule has 0 saturated heterocycles. The van der Waals surface area contributed by atoms with E-state index in [4.69, 9.17) is 4.98 Å². The summed E-state index contributed by atoms with van der Waals surface area (Å²) in [5.41, 5.74) is 2.91. The zero-order valence-corrected chi connectivity index (χ0v) is 18.7. The van der Waals surface area contributed by atoms with E-state index in [2.05, 4.69) is 10.3 Å². The number of nitrogens with zero attached hydrogens (tertiary/aromatic N) is 4.